The maximum Gasteiger partial charge on any atom is 0.302 e. The van der Waals surface area contributed by atoms with Crippen molar-refractivity contribution in [2.75, 3.05) is 6.61 Å². The third-order valence-electron chi connectivity index (χ3n) is 3.22. The molecule has 0 aliphatic heterocycles. The van der Waals surface area contributed by atoms with Crippen LogP contribution in [0, 0.1) is 5.82 Å². The van der Waals surface area contributed by atoms with Crippen LogP contribution < -0.4 is 0 Å². The van der Waals surface area contributed by atoms with Gasteiger partial charge in [-0.3, -0.25) is 4.79 Å². The van der Waals surface area contributed by atoms with Crippen molar-refractivity contribution in [1.82, 2.24) is 9.97 Å². The van der Waals surface area contributed by atoms with Gasteiger partial charge in [-0.2, -0.15) is 0 Å². The molecule has 0 bridgehead atoms. The third kappa shape index (κ3) is 3.48. The molecular weight excluding hydrogens is 339 g/mol. The number of carbonyl (C=O) groups is 1. The van der Waals surface area contributed by atoms with E-state index in [1.54, 1.807) is 12.1 Å². The van der Waals surface area contributed by atoms with Crippen molar-refractivity contribution < 1.29 is 13.9 Å². The van der Waals surface area contributed by atoms with E-state index in [9.17, 15) is 9.18 Å². The standard InChI is InChI=1S/C16H12ClFN2O2S/c1-9(21)22-7-6-13-19-15(17)14-12(8-23-16(14)20-13)10-2-4-11(18)5-3-10/h2-5,8H,6-7H2,1H3. The Kier molecular flexibility index (Phi) is 4.54. The molecule has 7 heteroatoms. The first-order valence-corrected chi connectivity index (χ1v) is 8.13. The van der Waals surface area contributed by atoms with Gasteiger partial charge in [0.25, 0.3) is 0 Å². The topological polar surface area (TPSA) is 52.1 Å². The van der Waals surface area contributed by atoms with Crippen molar-refractivity contribution in [1.29, 1.82) is 0 Å². The molecule has 0 saturated carbocycles. The van der Waals surface area contributed by atoms with Crippen LogP contribution in [0.2, 0.25) is 5.15 Å². The molecule has 118 valence electrons. The molecule has 4 nitrogen and oxygen atoms in total. The lowest BCUT2D eigenvalue weighted by Gasteiger charge is -2.04. The Morgan fingerprint density at radius 2 is 2.04 bits per heavy atom. The van der Waals surface area contributed by atoms with E-state index >= 15 is 0 Å². The summed E-state index contributed by atoms with van der Waals surface area (Å²) < 4.78 is 18.0. The first-order valence-electron chi connectivity index (χ1n) is 6.87. The van der Waals surface area contributed by atoms with Crippen LogP contribution in [0.4, 0.5) is 4.39 Å². The minimum absolute atomic E-state index is 0.216. The predicted molar refractivity (Wildman–Crippen MR) is 88.2 cm³/mol. The summed E-state index contributed by atoms with van der Waals surface area (Å²) in [4.78, 5) is 20.3. The molecule has 3 rings (SSSR count). The van der Waals surface area contributed by atoms with Crippen LogP contribution in [0.25, 0.3) is 21.3 Å². The lowest BCUT2D eigenvalue weighted by atomic mass is 10.1. The molecule has 0 atom stereocenters. The SMILES string of the molecule is CC(=O)OCCc1nc(Cl)c2c(-c3ccc(F)cc3)csc2n1. The van der Waals surface area contributed by atoms with E-state index in [1.807, 2.05) is 5.38 Å². The van der Waals surface area contributed by atoms with Gasteiger partial charge in [0.2, 0.25) is 0 Å². The monoisotopic (exact) mass is 350 g/mol. The van der Waals surface area contributed by atoms with Crippen molar-refractivity contribution in [3.63, 3.8) is 0 Å². The van der Waals surface area contributed by atoms with Gasteiger partial charge in [-0.15, -0.1) is 11.3 Å². The lowest BCUT2D eigenvalue weighted by Crippen LogP contribution is -2.06. The van der Waals surface area contributed by atoms with Crippen LogP contribution in [0.5, 0.6) is 0 Å². The molecule has 0 unspecified atom stereocenters. The summed E-state index contributed by atoms with van der Waals surface area (Å²) in [6.45, 7) is 1.57. The van der Waals surface area contributed by atoms with Crippen LogP contribution in [-0.2, 0) is 16.0 Å². The van der Waals surface area contributed by atoms with E-state index in [-0.39, 0.29) is 18.4 Å². The molecule has 0 N–H and O–H groups in total. The molecule has 2 aromatic heterocycles. The van der Waals surface area contributed by atoms with Gasteiger partial charge in [0.1, 0.15) is 21.6 Å². The quantitative estimate of drug-likeness (QED) is 0.521. The van der Waals surface area contributed by atoms with Crippen molar-refractivity contribution >= 4 is 39.1 Å². The Morgan fingerprint density at radius 1 is 1.30 bits per heavy atom. The second-order valence-corrected chi connectivity index (χ2v) is 6.07. The summed E-state index contributed by atoms with van der Waals surface area (Å²) in [6, 6.07) is 6.20. The fraction of sp³-hybridized carbons (Fsp3) is 0.188. The first-order chi connectivity index (χ1) is 11.0. The highest BCUT2D eigenvalue weighted by Crippen LogP contribution is 2.36. The Hall–Kier alpha value is -2.05. The number of hydrogen-bond acceptors (Lipinski definition) is 5. The summed E-state index contributed by atoms with van der Waals surface area (Å²) in [5, 5.41) is 3.02. The summed E-state index contributed by atoms with van der Waals surface area (Å²) >= 11 is 7.75. The molecule has 23 heavy (non-hydrogen) atoms. The minimum Gasteiger partial charge on any atom is -0.465 e. The lowest BCUT2D eigenvalue weighted by molar-refractivity contribution is -0.140. The van der Waals surface area contributed by atoms with Crippen LogP contribution in [-0.4, -0.2) is 22.5 Å². The molecule has 3 aromatic rings. The zero-order valence-corrected chi connectivity index (χ0v) is 13.7. The molecular formula is C16H12ClFN2O2S. The maximum absolute atomic E-state index is 13.1. The van der Waals surface area contributed by atoms with Crippen LogP contribution in [0.1, 0.15) is 12.7 Å². The largest absolute Gasteiger partial charge is 0.465 e. The molecule has 0 saturated heterocycles. The van der Waals surface area contributed by atoms with E-state index in [4.69, 9.17) is 16.3 Å². The number of fused-ring (bicyclic) bond motifs is 1. The minimum atomic E-state index is -0.341. The summed E-state index contributed by atoms with van der Waals surface area (Å²) in [6.07, 6.45) is 0.402. The number of thiophene rings is 1. The fourth-order valence-electron chi connectivity index (χ4n) is 2.18. The molecule has 0 spiro atoms. The van der Waals surface area contributed by atoms with Crippen molar-refractivity contribution in [2.24, 2.45) is 0 Å². The molecule has 0 aliphatic rings. The smallest absolute Gasteiger partial charge is 0.302 e. The van der Waals surface area contributed by atoms with Gasteiger partial charge in [-0.1, -0.05) is 23.7 Å². The number of halogens is 2. The second kappa shape index (κ2) is 6.60. The summed E-state index contributed by atoms with van der Waals surface area (Å²) in [5.41, 5.74) is 1.73. The van der Waals surface area contributed by atoms with Crippen LogP contribution in [0.15, 0.2) is 29.6 Å². The molecule has 0 radical (unpaired) electrons. The van der Waals surface area contributed by atoms with Crippen LogP contribution >= 0.6 is 22.9 Å². The number of hydrogen-bond donors (Lipinski definition) is 0. The predicted octanol–water partition coefficient (Wildman–Crippen LogP) is 4.26. The highest BCUT2D eigenvalue weighted by molar-refractivity contribution is 7.17. The molecule has 0 amide bonds. The van der Waals surface area contributed by atoms with E-state index in [1.165, 1.54) is 30.4 Å². The third-order valence-corrected chi connectivity index (χ3v) is 4.37. The van der Waals surface area contributed by atoms with E-state index in [0.29, 0.717) is 17.4 Å². The van der Waals surface area contributed by atoms with E-state index in [0.717, 1.165) is 21.3 Å². The highest BCUT2D eigenvalue weighted by Gasteiger charge is 2.14. The van der Waals surface area contributed by atoms with Crippen molar-refractivity contribution in [3.8, 4) is 11.1 Å². The summed E-state index contributed by atoms with van der Waals surface area (Å²) in [7, 11) is 0. The Labute approximate surface area is 140 Å². The Morgan fingerprint density at radius 3 is 2.74 bits per heavy atom. The van der Waals surface area contributed by atoms with Gasteiger partial charge in [0, 0.05) is 24.3 Å². The average Bonchev–Trinajstić information content (AvgIpc) is 2.92. The van der Waals surface area contributed by atoms with Gasteiger partial charge in [-0.05, 0) is 17.7 Å². The number of aromatic nitrogens is 2. The Balaban J connectivity index is 1.94. The highest BCUT2D eigenvalue weighted by atomic mass is 35.5. The number of carbonyl (C=O) groups excluding carboxylic acids is 1. The number of esters is 1. The molecule has 2 heterocycles. The Bertz CT molecular complexity index is 864. The van der Waals surface area contributed by atoms with E-state index in [2.05, 4.69) is 9.97 Å². The summed E-state index contributed by atoms with van der Waals surface area (Å²) in [5.74, 6) is -0.105. The number of benzene rings is 1. The number of nitrogens with zero attached hydrogens (tertiary/aromatic N) is 2. The zero-order valence-electron chi connectivity index (χ0n) is 12.2. The van der Waals surface area contributed by atoms with Gasteiger partial charge in [0.15, 0.2) is 0 Å². The normalized spacial score (nSPS) is 10.9. The van der Waals surface area contributed by atoms with Crippen LogP contribution in [0.3, 0.4) is 0 Å². The van der Waals surface area contributed by atoms with Crippen molar-refractivity contribution in [3.05, 3.63) is 46.4 Å². The first kappa shape index (κ1) is 15.8. The number of rotatable bonds is 4. The van der Waals surface area contributed by atoms with E-state index < -0.39 is 0 Å². The van der Waals surface area contributed by atoms with Gasteiger partial charge in [-0.25, -0.2) is 14.4 Å². The van der Waals surface area contributed by atoms with Gasteiger partial charge in [0.05, 0.1) is 12.0 Å². The second-order valence-electron chi connectivity index (χ2n) is 4.86. The molecule has 1 aromatic carbocycles. The maximum atomic E-state index is 13.1. The average molecular weight is 351 g/mol. The molecule has 0 fully saturated rings. The zero-order chi connectivity index (χ0) is 16.4. The number of ether oxygens (including phenoxy) is 1. The van der Waals surface area contributed by atoms with Crippen molar-refractivity contribution in [2.45, 2.75) is 13.3 Å². The van der Waals surface area contributed by atoms with Gasteiger partial charge >= 0.3 is 5.97 Å². The molecule has 0 aliphatic carbocycles. The fourth-order valence-corrected chi connectivity index (χ4v) is 3.49. The van der Waals surface area contributed by atoms with Gasteiger partial charge < -0.3 is 4.74 Å².